The molecule has 0 atom stereocenters. The van der Waals surface area contributed by atoms with Crippen LogP contribution in [0.25, 0.3) is 0 Å². The monoisotopic (exact) mass is 297 g/mol. The van der Waals surface area contributed by atoms with E-state index in [-0.39, 0.29) is 5.41 Å². The van der Waals surface area contributed by atoms with Crippen LogP contribution in [-0.4, -0.2) is 29.0 Å². The first-order valence-corrected chi connectivity index (χ1v) is 7.99. The Balaban J connectivity index is 1.99. The lowest BCUT2D eigenvalue weighted by molar-refractivity contribution is 0.304. The molecule has 0 bridgehead atoms. The Kier molecular flexibility index (Phi) is 5.46. The first kappa shape index (κ1) is 15.4. The Morgan fingerprint density at radius 1 is 1.35 bits per heavy atom. The summed E-state index contributed by atoms with van der Waals surface area (Å²) >= 11 is 6.16. The largest absolute Gasteiger partial charge is 0.478 e. The molecule has 0 aliphatic heterocycles. The number of halogens is 1. The van der Waals surface area contributed by atoms with E-state index in [1.807, 2.05) is 13.0 Å². The number of aromatic nitrogens is 2. The van der Waals surface area contributed by atoms with Crippen LogP contribution in [0.4, 0.5) is 5.95 Å². The van der Waals surface area contributed by atoms with Gasteiger partial charge in [-0.25, -0.2) is 4.98 Å². The van der Waals surface area contributed by atoms with Gasteiger partial charge in [0, 0.05) is 29.6 Å². The van der Waals surface area contributed by atoms with Gasteiger partial charge in [-0.1, -0.05) is 19.8 Å². The van der Waals surface area contributed by atoms with Gasteiger partial charge in [0.1, 0.15) is 0 Å². The summed E-state index contributed by atoms with van der Waals surface area (Å²) in [4.78, 5) is 8.83. The van der Waals surface area contributed by atoms with Gasteiger partial charge in [0.15, 0.2) is 0 Å². The van der Waals surface area contributed by atoms with Crippen molar-refractivity contribution in [2.75, 3.05) is 24.3 Å². The molecule has 1 aromatic rings. The molecule has 0 unspecified atom stereocenters. The summed E-state index contributed by atoms with van der Waals surface area (Å²) in [5.41, 5.74) is 1.12. The fourth-order valence-corrected chi connectivity index (χ4v) is 3.01. The molecule has 0 aromatic carbocycles. The van der Waals surface area contributed by atoms with Gasteiger partial charge in [0.05, 0.1) is 6.61 Å². The lowest BCUT2D eigenvalue weighted by atomic mass is 9.89. The van der Waals surface area contributed by atoms with Gasteiger partial charge < -0.3 is 10.1 Å². The highest BCUT2D eigenvalue weighted by Crippen LogP contribution is 2.39. The fraction of sp³-hybridized carbons (Fsp3) is 0.733. The van der Waals surface area contributed by atoms with E-state index >= 15 is 0 Å². The van der Waals surface area contributed by atoms with Crippen LogP contribution in [0.5, 0.6) is 5.88 Å². The molecule has 1 saturated carbocycles. The molecule has 2 rings (SSSR count). The molecular formula is C15H24ClN3O. The van der Waals surface area contributed by atoms with Crippen molar-refractivity contribution in [2.45, 2.75) is 46.0 Å². The molecule has 1 aliphatic rings. The maximum absolute atomic E-state index is 6.16. The first-order valence-electron chi connectivity index (χ1n) is 7.46. The predicted octanol–water partition coefficient (Wildman–Crippen LogP) is 3.78. The van der Waals surface area contributed by atoms with E-state index in [1.54, 1.807) is 0 Å². The van der Waals surface area contributed by atoms with Crippen molar-refractivity contribution < 1.29 is 4.74 Å². The second kappa shape index (κ2) is 7.11. The predicted molar refractivity (Wildman–Crippen MR) is 82.7 cm³/mol. The van der Waals surface area contributed by atoms with Crippen molar-refractivity contribution >= 4 is 17.5 Å². The van der Waals surface area contributed by atoms with Crippen LogP contribution in [0.1, 0.15) is 44.7 Å². The molecular weight excluding hydrogens is 274 g/mol. The van der Waals surface area contributed by atoms with Crippen molar-refractivity contribution in [3.63, 3.8) is 0 Å². The molecule has 1 fully saturated rings. The summed E-state index contributed by atoms with van der Waals surface area (Å²) in [6, 6.07) is 1.87. The van der Waals surface area contributed by atoms with Gasteiger partial charge in [-0.3, -0.25) is 0 Å². The molecule has 112 valence electrons. The van der Waals surface area contributed by atoms with Crippen molar-refractivity contribution in [3.05, 3.63) is 11.8 Å². The summed E-state index contributed by atoms with van der Waals surface area (Å²) < 4.78 is 5.58. The number of hydrogen-bond donors (Lipinski definition) is 1. The molecule has 5 heteroatoms. The van der Waals surface area contributed by atoms with Gasteiger partial charge in [0.2, 0.25) is 11.8 Å². The third-order valence-electron chi connectivity index (χ3n) is 3.85. The molecule has 1 aliphatic carbocycles. The summed E-state index contributed by atoms with van der Waals surface area (Å²) in [5, 5.41) is 3.35. The van der Waals surface area contributed by atoms with E-state index in [2.05, 4.69) is 22.2 Å². The Labute approximate surface area is 126 Å². The molecule has 1 N–H and O–H groups in total. The number of alkyl halides is 1. The molecule has 20 heavy (non-hydrogen) atoms. The SMILES string of the molecule is CCCOc1cc(C)nc(NCC2(CCl)CCCC2)n1. The number of hydrogen-bond acceptors (Lipinski definition) is 4. The minimum Gasteiger partial charge on any atom is -0.478 e. The quantitative estimate of drug-likeness (QED) is 0.778. The van der Waals surface area contributed by atoms with E-state index in [0.29, 0.717) is 24.3 Å². The van der Waals surface area contributed by atoms with Gasteiger partial charge in [0.25, 0.3) is 0 Å². The second-order valence-corrected chi connectivity index (χ2v) is 5.98. The number of nitrogens with zero attached hydrogens (tertiary/aromatic N) is 2. The Morgan fingerprint density at radius 3 is 2.75 bits per heavy atom. The Morgan fingerprint density at radius 2 is 2.10 bits per heavy atom. The van der Waals surface area contributed by atoms with Crippen LogP contribution in [0.2, 0.25) is 0 Å². The average molecular weight is 298 g/mol. The van der Waals surface area contributed by atoms with Crippen molar-refractivity contribution in [1.29, 1.82) is 0 Å². The molecule has 4 nitrogen and oxygen atoms in total. The highest BCUT2D eigenvalue weighted by atomic mass is 35.5. The summed E-state index contributed by atoms with van der Waals surface area (Å²) in [5.74, 6) is 1.99. The summed E-state index contributed by atoms with van der Waals surface area (Å²) in [7, 11) is 0. The lowest BCUT2D eigenvalue weighted by Crippen LogP contribution is -2.29. The highest BCUT2D eigenvalue weighted by molar-refractivity contribution is 6.18. The number of rotatable bonds is 7. The van der Waals surface area contributed by atoms with Crippen molar-refractivity contribution in [2.24, 2.45) is 5.41 Å². The highest BCUT2D eigenvalue weighted by Gasteiger charge is 2.32. The number of ether oxygens (including phenoxy) is 1. The smallest absolute Gasteiger partial charge is 0.226 e. The van der Waals surface area contributed by atoms with Crippen LogP contribution in [0.3, 0.4) is 0 Å². The van der Waals surface area contributed by atoms with Gasteiger partial charge in [-0.15, -0.1) is 11.6 Å². The van der Waals surface area contributed by atoms with Crippen LogP contribution < -0.4 is 10.1 Å². The minimum absolute atomic E-state index is 0.207. The van der Waals surface area contributed by atoms with E-state index in [9.17, 15) is 0 Å². The standard InChI is InChI=1S/C15H24ClN3O/c1-3-8-20-13-9-12(2)18-14(19-13)17-11-15(10-16)6-4-5-7-15/h9H,3-8,10-11H2,1-2H3,(H,17,18,19). The van der Waals surface area contributed by atoms with Gasteiger partial charge in [-0.2, -0.15) is 4.98 Å². The van der Waals surface area contributed by atoms with Crippen LogP contribution in [0, 0.1) is 12.3 Å². The second-order valence-electron chi connectivity index (χ2n) is 5.71. The molecule has 0 saturated heterocycles. The van der Waals surface area contributed by atoms with E-state index < -0.39 is 0 Å². The topological polar surface area (TPSA) is 47.0 Å². The lowest BCUT2D eigenvalue weighted by Gasteiger charge is -2.26. The van der Waals surface area contributed by atoms with Gasteiger partial charge in [-0.05, 0) is 26.2 Å². The number of anilines is 1. The van der Waals surface area contributed by atoms with Crippen molar-refractivity contribution in [1.82, 2.24) is 9.97 Å². The van der Waals surface area contributed by atoms with Crippen LogP contribution in [-0.2, 0) is 0 Å². The van der Waals surface area contributed by atoms with E-state index in [1.165, 1.54) is 25.7 Å². The molecule has 0 radical (unpaired) electrons. The zero-order valence-electron chi connectivity index (χ0n) is 12.4. The summed E-state index contributed by atoms with van der Waals surface area (Å²) in [6.45, 7) is 5.56. The third kappa shape index (κ3) is 3.98. The van der Waals surface area contributed by atoms with Crippen LogP contribution >= 0.6 is 11.6 Å². The summed E-state index contributed by atoms with van der Waals surface area (Å²) in [6.07, 6.45) is 5.89. The number of nitrogens with one attached hydrogen (secondary N) is 1. The van der Waals surface area contributed by atoms with Gasteiger partial charge >= 0.3 is 0 Å². The molecule has 1 heterocycles. The Bertz CT molecular complexity index is 433. The first-order chi connectivity index (χ1) is 9.67. The number of aryl methyl sites for hydroxylation is 1. The molecule has 0 spiro atoms. The molecule has 0 amide bonds. The fourth-order valence-electron chi connectivity index (χ4n) is 2.65. The normalized spacial score (nSPS) is 17.1. The van der Waals surface area contributed by atoms with E-state index in [0.717, 1.165) is 18.7 Å². The third-order valence-corrected chi connectivity index (χ3v) is 4.42. The maximum atomic E-state index is 6.16. The average Bonchev–Trinajstić information content (AvgIpc) is 2.92. The van der Waals surface area contributed by atoms with Crippen LogP contribution in [0.15, 0.2) is 6.07 Å². The maximum Gasteiger partial charge on any atom is 0.226 e. The molecule has 1 aromatic heterocycles. The zero-order chi connectivity index (χ0) is 14.4. The minimum atomic E-state index is 0.207. The Hall–Kier alpha value is -1.03. The van der Waals surface area contributed by atoms with Crippen molar-refractivity contribution in [3.8, 4) is 5.88 Å². The zero-order valence-corrected chi connectivity index (χ0v) is 13.2. The van der Waals surface area contributed by atoms with E-state index in [4.69, 9.17) is 16.3 Å².